The van der Waals surface area contributed by atoms with E-state index in [1.54, 1.807) is 30.3 Å². The molecule has 1 aromatic heterocycles. The van der Waals surface area contributed by atoms with Crippen molar-refractivity contribution in [2.24, 2.45) is 0 Å². The second-order valence-electron chi connectivity index (χ2n) is 7.69. The van der Waals surface area contributed by atoms with Crippen LogP contribution in [0.25, 0.3) is 11.3 Å². The van der Waals surface area contributed by atoms with E-state index >= 15 is 0 Å². The summed E-state index contributed by atoms with van der Waals surface area (Å²) in [5.41, 5.74) is 2.81. The Hall–Kier alpha value is -3.04. The number of sulfonamides is 1. The summed E-state index contributed by atoms with van der Waals surface area (Å²) < 4.78 is 30.2. The smallest absolute Gasteiger partial charge is 0.261 e. The number of nitrogens with one attached hydrogen (secondary N) is 1. The summed E-state index contributed by atoms with van der Waals surface area (Å²) in [5, 5.41) is 9.82. The molecule has 5 nitrogen and oxygen atoms in total. The molecule has 1 N–H and O–H groups in total. The molecule has 0 amide bonds. The van der Waals surface area contributed by atoms with Crippen molar-refractivity contribution < 1.29 is 8.42 Å². The van der Waals surface area contributed by atoms with Gasteiger partial charge in [0.25, 0.3) is 10.0 Å². The SMILES string of the molecule is Cc1ccc(S(=O)(=O)Nc2cc(-c3ccccc3)n(C(C)(C)C)c2C#N)cc1. The highest BCUT2D eigenvalue weighted by Crippen LogP contribution is 2.35. The average molecular weight is 394 g/mol. The number of rotatable bonds is 4. The fourth-order valence-corrected chi connectivity index (χ4v) is 4.20. The molecule has 144 valence electrons. The first-order valence-corrected chi connectivity index (χ1v) is 10.4. The molecule has 2 aromatic carbocycles. The summed E-state index contributed by atoms with van der Waals surface area (Å²) in [6.45, 7) is 7.85. The Morgan fingerprint density at radius 3 is 2.14 bits per heavy atom. The molecule has 0 spiro atoms. The topological polar surface area (TPSA) is 74.9 Å². The molecule has 6 heteroatoms. The van der Waals surface area contributed by atoms with Crippen molar-refractivity contribution in [3.05, 3.63) is 71.9 Å². The zero-order valence-electron chi connectivity index (χ0n) is 16.4. The van der Waals surface area contributed by atoms with Crippen molar-refractivity contribution in [1.82, 2.24) is 4.57 Å². The van der Waals surface area contributed by atoms with E-state index in [1.807, 2.05) is 62.6 Å². The van der Waals surface area contributed by atoms with Crippen molar-refractivity contribution in [1.29, 1.82) is 5.26 Å². The number of aromatic nitrogens is 1. The Balaban J connectivity index is 2.16. The molecular formula is C22H23N3O2S. The number of hydrogen-bond acceptors (Lipinski definition) is 3. The van der Waals surface area contributed by atoms with Crippen molar-refractivity contribution >= 4 is 15.7 Å². The van der Waals surface area contributed by atoms with Crippen LogP contribution >= 0.6 is 0 Å². The summed E-state index contributed by atoms with van der Waals surface area (Å²) in [6, 6.07) is 20.1. The number of benzene rings is 2. The fourth-order valence-electron chi connectivity index (χ4n) is 3.14. The maximum atomic E-state index is 12.9. The second-order valence-corrected chi connectivity index (χ2v) is 9.38. The highest BCUT2D eigenvalue weighted by atomic mass is 32.2. The molecule has 0 bridgehead atoms. The van der Waals surface area contributed by atoms with Crippen LogP contribution in [0, 0.1) is 18.3 Å². The van der Waals surface area contributed by atoms with E-state index < -0.39 is 15.6 Å². The normalized spacial score (nSPS) is 11.8. The Kier molecular flexibility index (Phi) is 5.05. The minimum atomic E-state index is -3.81. The van der Waals surface area contributed by atoms with E-state index in [0.29, 0.717) is 0 Å². The van der Waals surface area contributed by atoms with Crippen LogP contribution in [-0.4, -0.2) is 13.0 Å². The number of nitrogens with zero attached hydrogens (tertiary/aromatic N) is 2. The number of anilines is 1. The molecule has 0 aliphatic heterocycles. The van der Waals surface area contributed by atoms with E-state index in [2.05, 4.69) is 10.8 Å². The average Bonchev–Trinajstić information content (AvgIpc) is 3.00. The van der Waals surface area contributed by atoms with E-state index in [0.717, 1.165) is 16.8 Å². The first-order chi connectivity index (χ1) is 13.1. The number of nitriles is 1. The van der Waals surface area contributed by atoms with Gasteiger partial charge in [-0.15, -0.1) is 0 Å². The van der Waals surface area contributed by atoms with Crippen LogP contribution in [0.15, 0.2) is 65.6 Å². The van der Waals surface area contributed by atoms with Crippen molar-refractivity contribution in [3.8, 4) is 17.3 Å². The predicted octanol–water partition coefficient (Wildman–Crippen LogP) is 4.89. The van der Waals surface area contributed by atoms with Crippen LogP contribution in [0.4, 0.5) is 5.69 Å². The standard InChI is InChI=1S/C22H23N3O2S/c1-16-10-12-18(13-11-16)28(26,27)24-19-14-20(17-8-6-5-7-9-17)25(21(19)15-23)22(2,3)4/h5-14,24H,1-4H3. The molecule has 0 fully saturated rings. The van der Waals surface area contributed by atoms with Gasteiger partial charge in [0.1, 0.15) is 11.8 Å². The van der Waals surface area contributed by atoms with Gasteiger partial charge in [-0.25, -0.2) is 8.42 Å². The van der Waals surface area contributed by atoms with Gasteiger partial charge < -0.3 is 4.57 Å². The molecule has 0 saturated heterocycles. The van der Waals surface area contributed by atoms with Crippen LogP contribution < -0.4 is 4.72 Å². The molecule has 0 aliphatic carbocycles. The summed E-state index contributed by atoms with van der Waals surface area (Å²) in [4.78, 5) is 0.159. The van der Waals surface area contributed by atoms with Crippen LogP contribution in [-0.2, 0) is 15.6 Å². The third-order valence-corrected chi connectivity index (χ3v) is 5.80. The predicted molar refractivity (Wildman–Crippen MR) is 112 cm³/mol. The largest absolute Gasteiger partial charge is 0.325 e. The zero-order chi connectivity index (χ0) is 20.5. The summed E-state index contributed by atoms with van der Waals surface area (Å²) >= 11 is 0. The monoisotopic (exact) mass is 393 g/mol. The van der Waals surface area contributed by atoms with Crippen molar-refractivity contribution in [2.75, 3.05) is 4.72 Å². The van der Waals surface area contributed by atoms with Crippen LogP contribution in [0.5, 0.6) is 0 Å². The van der Waals surface area contributed by atoms with Gasteiger partial charge in [0.15, 0.2) is 0 Å². The minimum Gasteiger partial charge on any atom is -0.325 e. The summed E-state index contributed by atoms with van der Waals surface area (Å²) in [7, 11) is -3.81. The van der Waals surface area contributed by atoms with Gasteiger partial charge >= 0.3 is 0 Å². The molecule has 0 unspecified atom stereocenters. The Morgan fingerprint density at radius 1 is 1.00 bits per heavy atom. The highest BCUT2D eigenvalue weighted by molar-refractivity contribution is 7.92. The molecule has 3 aromatic rings. The second kappa shape index (κ2) is 7.17. The molecule has 1 heterocycles. The van der Waals surface area contributed by atoms with Crippen LogP contribution in [0.2, 0.25) is 0 Å². The van der Waals surface area contributed by atoms with Gasteiger partial charge in [0, 0.05) is 5.54 Å². The first-order valence-electron chi connectivity index (χ1n) is 8.95. The lowest BCUT2D eigenvalue weighted by atomic mass is 10.1. The maximum Gasteiger partial charge on any atom is 0.261 e. The van der Waals surface area contributed by atoms with E-state index in [1.165, 1.54) is 0 Å². The molecule has 0 atom stereocenters. The van der Waals surface area contributed by atoms with E-state index in [-0.39, 0.29) is 16.3 Å². The lowest BCUT2D eigenvalue weighted by Crippen LogP contribution is -2.24. The number of hydrogen-bond donors (Lipinski definition) is 1. The van der Waals surface area contributed by atoms with Gasteiger partial charge in [-0.1, -0.05) is 48.0 Å². The lowest BCUT2D eigenvalue weighted by molar-refractivity contribution is 0.400. The third-order valence-electron chi connectivity index (χ3n) is 4.42. The van der Waals surface area contributed by atoms with Gasteiger partial charge in [-0.2, -0.15) is 5.26 Å². The van der Waals surface area contributed by atoms with E-state index in [4.69, 9.17) is 0 Å². The Morgan fingerprint density at radius 2 is 1.61 bits per heavy atom. The van der Waals surface area contributed by atoms with Crippen molar-refractivity contribution in [2.45, 2.75) is 38.1 Å². The molecule has 0 aliphatic rings. The fraction of sp³-hybridized carbons (Fsp3) is 0.227. The molecule has 0 saturated carbocycles. The zero-order valence-corrected chi connectivity index (χ0v) is 17.2. The van der Waals surface area contributed by atoms with Gasteiger partial charge in [-0.05, 0) is 51.5 Å². The number of aryl methyl sites for hydroxylation is 1. The molecule has 3 rings (SSSR count). The summed E-state index contributed by atoms with van der Waals surface area (Å²) in [5.74, 6) is 0. The van der Waals surface area contributed by atoms with E-state index in [9.17, 15) is 13.7 Å². The quantitative estimate of drug-likeness (QED) is 0.686. The van der Waals surface area contributed by atoms with Crippen LogP contribution in [0.3, 0.4) is 0 Å². The van der Waals surface area contributed by atoms with Gasteiger partial charge in [0.05, 0.1) is 16.3 Å². The molecule has 0 radical (unpaired) electrons. The minimum absolute atomic E-state index is 0.159. The lowest BCUT2D eigenvalue weighted by Gasteiger charge is -2.26. The molecule has 28 heavy (non-hydrogen) atoms. The Bertz CT molecular complexity index is 1130. The van der Waals surface area contributed by atoms with Gasteiger partial charge in [0.2, 0.25) is 0 Å². The molecular weight excluding hydrogens is 370 g/mol. The first kappa shape index (κ1) is 19.7. The summed E-state index contributed by atoms with van der Waals surface area (Å²) in [6.07, 6.45) is 0. The van der Waals surface area contributed by atoms with Crippen molar-refractivity contribution in [3.63, 3.8) is 0 Å². The Labute approximate surface area is 166 Å². The van der Waals surface area contributed by atoms with Crippen LogP contribution in [0.1, 0.15) is 32.0 Å². The highest BCUT2D eigenvalue weighted by Gasteiger charge is 2.27. The maximum absolute atomic E-state index is 12.9. The van der Waals surface area contributed by atoms with Gasteiger partial charge in [-0.3, -0.25) is 4.72 Å². The third kappa shape index (κ3) is 3.80.